The normalized spacial score (nSPS) is 14.6. The molecule has 0 radical (unpaired) electrons. The third-order valence-corrected chi connectivity index (χ3v) is 7.90. The van der Waals surface area contributed by atoms with Crippen LogP contribution in [0.25, 0.3) is 22.1 Å². The SMILES string of the molecule is COc1ccc(-c2coc3cc(OC(C)=O)ccc3c2=O)cc1OC.COc1ccc(C2COc3cc(OC(C)=O)ccc3C2O)cc1OC. The van der Waals surface area contributed by atoms with E-state index in [0.717, 1.165) is 5.56 Å². The van der Waals surface area contributed by atoms with Crippen molar-refractivity contribution in [3.8, 4) is 51.4 Å². The highest BCUT2D eigenvalue weighted by Crippen LogP contribution is 2.43. The molecule has 4 aromatic carbocycles. The Kier molecular flexibility index (Phi) is 10.9. The molecule has 0 bridgehead atoms. The van der Waals surface area contributed by atoms with Gasteiger partial charge in [0, 0.05) is 37.5 Å². The summed E-state index contributed by atoms with van der Waals surface area (Å²) in [6.45, 7) is 2.94. The van der Waals surface area contributed by atoms with Gasteiger partial charge in [-0.1, -0.05) is 12.1 Å². The Morgan fingerprint density at radius 3 is 1.96 bits per heavy atom. The molecule has 0 saturated heterocycles. The van der Waals surface area contributed by atoms with Gasteiger partial charge >= 0.3 is 11.9 Å². The third kappa shape index (κ3) is 7.66. The monoisotopic (exact) mass is 684 g/mol. The molecule has 0 amide bonds. The number of aliphatic hydroxyl groups is 1. The van der Waals surface area contributed by atoms with Gasteiger partial charge in [-0.15, -0.1) is 0 Å². The van der Waals surface area contributed by atoms with Crippen LogP contribution in [0.2, 0.25) is 0 Å². The van der Waals surface area contributed by atoms with E-state index in [-0.39, 0.29) is 11.3 Å². The molecular formula is C38H36O12. The molecule has 1 aliphatic heterocycles. The Bertz CT molecular complexity index is 2080. The summed E-state index contributed by atoms with van der Waals surface area (Å²) in [5, 5.41) is 11.2. The van der Waals surface area contributed by atoms with E-state index in [9.17, 15) is 19.5 Å². The lowest BCUT2D eigenvalue weighted by Gasteiger charge is -2.31. The minimum atomic E-state index is -0.742. The van der Waals surface area contributed by atoms with Gasteiger partial charge in [0.25, 0.3) is 0 Å². The summed E-state index contributed by atoms with van der Waals surface area (Å²) in [6.07, 6.45) is 0.636. The number of fused-ring (bicyclic) bond motifs is 2. The summed E-state index contributed by atoms with van der Waals surface area (Å²) < 4.78 is 42.5. The Morgan fingerprint density at radius 2 is 1.32 bits per heavy atom. The van der Waals surface area contributed by atoms with Crippen molar-refractivity contribution >= 4 is 22.9 Å². The summed E-state index contributed by atoms with van der Waals surface area (Å²) in [5.74, 6) is 2.46. The second-order valence-corrected chi connectivity index (χ2v) is 11.1. The van der Waals surface area contributed by atoms with Crippen LogP contribution in [0.5, 0.6) is 40.2 Å². The van der Waals surface area contributed by atoms with Gasteiger partial charge in [0.1, 0.15) is 29.1 Å². The number of carbonyl (C=O) groups excluding carboxylic acids is 2. The van der Waals surface area contributed by atoms with E-state index in [2.05, 4.69) is 0 Å². The van der Waals surface area contributed by atoms with Crippen LogP contribution in [-0.2, 0) is 9.59 Å². The molecule has 2 unspecified atom stereocenters. The number of hydrogen-bond acceptors (Lipinski definition) is 12. The van der Waals surface area contributed by atoms with Crippen LogP contribution in [-0.4, -0.2) is 52.1 Å². The molecule has 1 aromatic heterocycles. The minimum Gasteiger partial charge on any atom is -0.493 e. The van der Waals surface area contributed by atoms with E-state index < -0.39 is 18.0 Å². The lowest BCUT2D eigenvalue weighted by molar-refractivity contribution is -0.132. The van der Waals surface area contributed by atoms with Gasteiger partial charge in [-0.2, -0.15) is 0 Å². The predicted molar refractivity (Wildman–Crippen MR) is 183 cm³/mol. The van der Waals surface area contributed by atoms with Crippen molar-refractivity contribution in [2.45, 2.75) is 25.9 Å². The minimum absolute atomic E-state index is 0.192. The van der Waals surface area contributed by atoms with Crippen LogP contribution in [0.4, 0.5) is 0 Å². The number of hydrogen-bond donors (Lipinski definition) is 1. The molecule has 2 atom stereocenters. The summed E-state index contributed by atoms with van der Waals surface area (Å²) in [6, 6.07) is 20.3. The smallest absolute Gasteiger partial charge is 0.308 e. The molecule has 12 heteroatoms. The highest BCUT2D eigenvalue weighted by Gasteiger charge is 2.31. The zero-order chi connectivity index (χ0) is 35.9. The molecule has 2 heterocycles. The van der Waals surface area contributed by atoms with Crippen molar-refractivity contribution in [2.75, 3.05) is 35.0 Å². The maximum absolute atomic E-state index is 12.8. The van der Waals surface area contributed by atoms with E-state index in [4.69, 9.17) is 37.6 Å². The van der Waals surface area contributed by atoms with E-state index in [1.165, 1.54) is 33.3 Å². The van der Waals surface area contributed by atoms with Crippen molar-refractivity contribution < 1.29 is 52.3 Å². The number of rotatable bonds is 8. The Hall–Kier alpha value is -6.01. The molecule has 12 nitrogen and oxygen atoms in total. The second-order valence-electron chi connectivity index (χ2n) is 11.1. The Morgan fingerprint density at radius 1 is 0.720 bits per heavy atom. The number of benzene rings is 4. The molecular weight excluding hydrogens is 648 g/mol. The molecule has 0 spiro atoms. The standard InChI is InChI=1S/C19H20O6.C19H16O6/c2*1-11(20)25-13-5-6-14-17(9-13)24-10-15(19(14)21)12-4-7-16(22-2)18(8-12)23-3/h4-9,15,19,21H,10H2,1-3H3;4-10H,1-3H3. The molecule has 0 saturated carbocycles. The van der Waals surface area contributed by atoms with Crippen LogP contribution in [0.15, 0.2) is 88.3 Å². The average molecular weight is 685 g/mol. The fraction of sp³-hybridized carbons (Fsp3) is 0.237. The van der Waals surface area contributed by atoms with Crippen molar-refractivity contribution in [1.82, 2.24) is 0 Å². The molecule has 1 N–H and O–H groups in total. The third-order valence-electron chi connectivity index (χ3n) is 7.90. The fourth-order valence-electron chi connectivity index (χ4n) is 5.50. The van der Waals surface area contributed by atoms with Crippen LogP contribution in [0.3, 0.4) is 0 Å². The molecule has 5 aromatic rings. The Balaban J connectivity index is 0.000000194. The van der Waals surface area contributed by atoms with Gasteiger partial charge in [-0.25, -0.2) is 0 Å². The van der Waals surface area contributed by atoms with E-state index >= 15 is 0 Å². The first-order valence-corrected chi connectivity index (χ1v) is 15.4. The zero-order valence-corrected chi connectivity index (χ0v) is 28.3. The van der Waals surface area contributed by atoms with Gasteiger partial charge < -0.3 is 42.7 Å². The van der Waals surface area contributed by atoms with Crippen molar-refractivity contribution in [3.63, 3.8) is 0 Å². The lowest BCUT2D eigenvalue weighted by atomic mass is 9.87. The summed E-state index contributed by atoms with van der Waals surface area (Å²) in [7, 11) is 6.22. The first kappa shape index (κ1) is 35.3. The van der Waals surface area contributed by atoms with E-state index in [0.29, 0.717) is 74.5 Å². The van der Waals surface area contributed by atoms with Gasteiger partial charge in [0.15, 0.2) is 28.4 Å². The van der Waals surface area contributed by atoms with E-state index in [1.54, 1.807) is 75.9 Å². The summed E-state index contributed by atoms with van der Waals surface area (Å²) in [5.41, 5.74) is 2.74. The summed E-state index contributed by atoms with van der Waals surface area (Å²) in [4.78, 5) is 34.9. The predicted octanol–water partition coefficient (Wildman–Crippen LogP) is 6.24. The number of aliphatic hydroxyl groups excluding tert-OH is 1. The molecule has 0 fully saturated rings. The maximum Gasteiger partial charge on any atom is 0.308 e. The highest BCUT2D eigenvalue weighted by atomic mass is 16.5. The van der Waals surface area contributed by atoms with Crippen LogP contribution in [0, 0.1) is 0 Å². The van der Waals surface area contributed by atoms with Gasteiger partial charge in [0.2, 0.25) is 0 Å². The van der Waals surface area contributed by atoms with Gasteiger partial charge in [0.05, 0.1) is 52.1 Å². The first-order valence-electron chi connectivity index (χ1n) is 15.4. The van der Waals surface area contributed by atoms with Gasteiger partial charge in [-0.05, 0) is 59.7 Å². The highest BCUT2D eigenvalue weighted by molar-refractivity contribution is 5.83. The largest absolute Gasteiger partial charge is 0.493 e. The quantitative estimate of drug-likeness (QED) is 0.146. The lowest BCUT2D eigenvalue weighted by Crippen LogP contribution is -2.24. The molecule has 6 rings (SSSR count). The molecule has 50 heavy (non-hydrogen) atoms. The van der Waals surface area contributed by atoms with Crippen LogP contribution >= 0.6 is 0 Å². The number of carbonyl (C=O) groups is 2. The average Bonchev–Trinajstić information content (AvgIpc) is 3.11. The zero-order valence-electron chi connectivity index (χ0n) is 28.3. The fourth-order valence-corrected chi connectivity index (χ4v) is 5.50. The number of methoxy groups -OCH3 is 4. The number of esters is 2. The second kappa shape index (κ2) is 15.5. The van der Waals surface area contributed by atoms with Crippen molar-refractivity contribution in [1.29, 1.82) is 0 Å². The number of ether oxygens (including phenoxy) is 7. The summed E-state index contributed by atoms with van der Waals surface area (Å²) >= 11 is 0. The van der Waals surface area contributed by atoms with Gasteiger partial charge in [-0.3, -0.25) is 14.4 Å². The van der Waals surface area contributed by atoms with Crippen molar-refractivity contribution in [3.05, 3.63) is 100 Å². The molecule has 260 valence electrons. The molecule has 1 aliphatic rings. The topological polar surface area (TPSA) is 149 Å². The maximum atomic E-state index is 12.8. The van der Waals surface area contributed by atoms with Crippen LogP contribution < -0.4 is 38.6 Å². The first-order chi connectivity index (χ1) is 24.1. The molecule has 0 aliphatic carbocycles. The van der Waals surface area contributed by atoms with Crippen LogP contribution in [0.1, 0.15) is 37.0 Å². The van der Waals surface area contributed by atoms with Crippen molar-refractivity contribution in [2.24, 2.45) is 0 Å². The Labute approximate surface area is 287 Å². The van der Waals surface area contributed by atoms with E-state index in [1.807, 2.05) is 12.1 Å².